The summed E-state index contributed by atoms with van der Waals surface area (Å²) in [6.45, 7) is 2.02. The van der Waals surface area contributed by atoms with Gasteiger partial charge in [-0.2, -0.15) is 15.4 Å². The standard InChI is InChI=1S/C8H9N5O2/c1-5-2-9-7(15-5)4-10-8(14)6-3-11-13-12-6/h2-3H,4H2,1H3,(H,10,14)(H,11,12,13). The van der Waals surface area contributed by atoms with E-state index < -0.39 is 0 Å². The normalized spacial score (nSPS) is 10.2. The first-order chi connectivity index (χ1) is 7.25. The molecule has 2 heterocycles. The minimum atomic E-state index is -0.320. The van der Waals surface area contributed by atoms with Crippen molar-refractivity contribution in [1.82, 2.24) is 25.7 Å². The van der Waals surface area contributed by atoms with Gasteiger partial charge in [0.25, 0.3) is 5.91 Å². The van der Waals surface area contributed by atoms with E-state index in [9.17, 15) is 4.79 Å². The molecule has 2 rings (SSSR count). The number of aromatic amines is 1. The van der Waals surface area contributed by atoms with E-state index in [0.717, 1.165) is 0 Å². The van der Waals surface area contributed by atoms with Crippen LogP contribution in [0.5, 0.6) is 0 Å². The second kappa shape index (κ2) is 3.91. The van der Waals surface area contributed by atoms with Crippen LogP contribution in [0.3, 0.4) is 0 Å². The highest BCUT2D eigenvalue weighted by molar-refractivity contribution is 5.91. The first kappa shape index (κ1) is 9.38. The molecule has 0 saturated heterocycles. The van der Waals surface area contributed by atoms with Gasteiger partial charge in [0.15, 0.2) is 5.69 Å². The average Bonchev–Trinajstić information content (AvgIpc) is 2.84. The zero-order chi connectivity index (χ0) is 10.7. The average molecular weight is 207 g/mol. The zero-order valence-corrected chi connectivity index (χ0v) is 8.02. The number of hydrogen-bond acceptors (Lipinski definition) is 5. The molecule has 78 valence electrons. The van der Waals surface area contributed by atoms with E-state index >= 15 is 0 Å². The maximum absolute atomic E-state index is 11.4. The lowest BCUT2D eigenvalue weighted by molar-refractivity contribution is 0.0942. The van der Waals surface area contributed by atoms with Gasteiger partial charge in [-0.15, -0.1) is 0 Å². The van der Waals surface area contributed by atoms with Crippen LogP contribution in [0, 0.1) is 6.92 Å². The van der Waals surface area contributed by atoms with Crippen molar-refractivity contribution in [3.05, 3.63) is 29.7 Å². The topological polar surface area (TPSA) is 96.7 Å². The molecule has 7 nitrogen and oxygen atoms in total. The molecule has 0 fully saturated rings. The van der Waals surface area contributed by atoms with Crippen LogP contribution in [0.15, 0.2) is 16.8 Å². The molecule has 0 aromatic carbocycles. The lowest BCUT2D eigenvalue weighted by Gasteiger charge is -1.97. The molecule has 0 aliphatic rings. The molecule has 0 saturated carbocycles. The van der Waals surface area contributed by atoms with Crippen molar-refractivity contribution in [2.45, 2.75) is 13.5 Å². The van der Waals surface area contributed by atoms with Crippen molar-refractivity contribution in [2.24, 2.45) is 0 Å². The lowest BCUT2D eigenvalue weighted by atomic mass is 10.4. The van der Waals surface area contributed by atoms with Gasteiger partial charge in [0.2, 0.25) is 5.89 Å². The van der Waals surface area contributed by atoms with Crippen LogP contribution in [0.25, 0.3) is 0 Å². The third-order valence-electron chi connectivity index (χ3n) is 1.72. The Morgan fingerprint density at radius 2 is 2.47 bits per heavy atom. The molecule has 0 unspecified atom stereocenters. The number of nitrogens with one attached hydrogen (secondary N) is 2. The predicted molar refractivity (Wildman–Crippen MR) is 48.8 cm³/mol. The maximum atomic E-state index is 11.4. The van der Waals surface area contributed by atoms with E-state index in [2.05, 4.69) is 25.7 Å². The molecule has 0 spiro atoms. The summed E-state index contributed by atoms with van der Waals surface area (Å²) >= 11 is 0. The van der Waals surface area contributed by atoms with Crippen molar-refractivity contribution in [3.8, 4) is 0 Å². The Morgan fingerprint density at radius 3 is 3.07 bits per heavy atom. The number of hydrogen-bond donors (Lipinski definition) is 2. The van der Waals surface area contributed by atoms with Gasteiger partial charge in [0.05, 0.1) is 18.9 Å². The molecular formula is C8H9N5O2. The largest absolute Gasteiger partial charge is 0.444 e. The summed E-state index contributed by atoms with van der Waals surface area (Å²) in [5.74, 6) is 0.852. The smallest absolute Gasteiger partial charge is 0.273 e. The van der Waals surface area contributed by atoms with Gasteiger partial charge in [0.1, 0.15) is 5.76 Å². The van der Waals surface area contributed by atoms with Crippen LogP contribution in [0.2, 0.25) is 0 Å². The molecule has 0 bridgehead atoms. The maximum Gasteiger partial charge on any atom is 0.273 e. The van der Waals surface area contributed by atoms with Gasteiger partial charge in [-0.1, -0.05) is 0 Å². The number of carbonyl (C=O) groups is 1. The van der Waals surface area contributed by atoms with Crippen molar-refractivity contribution in [3.63, 3.8) is 0 Å². The molecule has 1 amide bonds. The van der Waals surface area contributed by atoms with Crippen LogP contribution in [-0.4, -0.2) is 26.3 Å². The fraction of sp³-hybridized carbons (Fsp3) is 0.250. The SMILES string of the molecule is Cc1cnc(CNC(=O)c2cn[nH]n2)o1. The number of carbonyl (C=O) groups excluding carboxylic acids is 1. The number of H-pyrrole nitrogens is 1. The minimum absolute atomic E-state index is 0.235. The first-order valence-corrected chi connectivity index (χ1v) is 4.31. The number of oxazole rings is 1. The molecule has 2 N–H and O–H groups in total. The highest BCUT2D eigenvalue weighted by atomic mass is 16.4. The van der Waals surface area contributed by atoms with Gasteiger partial charge in [-0.3, -0.25) is 4.79 Å². The Bertz CT molecular complexity index is 447. The molecule has 2 aromatic heterocycles. The van der Waals surface area contributed by atoms with E-state index in [-0.39, 0.29) is 18.1 Å². The third kappa shape index (κ3) is 2.19. The molecule has 7 heteroatoms. The number of aryl methyl sites for hydroxylation is 1. The number of nitrogens with zero attached hydrogens (tertiary/aromatic N) is 3. The van der Waals surface area contributed by atoms with E-state index in [4.69, 9.17) is 4.42 Å². The van der Waals surface area contributed by atoms with E-state index in [1.807, 2.05) is 0 Å². The van der Waals surface area contributed by atoms with Gasteiger partial charge >= 0.3 is 0 Å². The highest BCUT2D eigenvalue weighted by Gasteiger charge is 2.09. The van der Waals surface area contributed by atoms with Crippen LogP contribution in [-0.2, 0) is 6.54 Å². The number of aromatic nitrogens is 4. The Kier molecular flexibility index (Phi) is 2.44. The van der Waals surface area contributed by atoms with Crippen LogP contribution < -0.4 is 5.32 Å². The Balaban J connectivity index is 1.91. The van der Waals surface area contributed by atoms with Gasteiger partial charge in [0, 0.05) is 0 Å². The van der Waals surface area contributed by atoms with Crippen molar-refractivity contribution in [2.75, 3.05) is 0 Å². The predicted octanol–water partition coefficient (Wildman–Crippen LogP) is 0.0311. The van der Waals surface area contributed by atoms with Crippen LogP contribution in [0.4, 0.5) is 0 Å². The van der Waals surface area contributed by atoms with Crippen molar-refractivity contribution < 1.29 is 9.21 Å². The van der Waals surface area contributed by atoms with Crippen LogP contribution >= 0.6 is 0 Å². The molecular weight excluding hydrogens is 198 g/mol. The van der Waals surface area contributed by atoms with Crippen molar-refractivity contribution >= 4 is 5.91 Å². The van der Waals surface area contributed by atoms with E-state index in [1.165, 1.54) is 6.20 Å². The molecule has 15 heavy (non-hydrogen) atoms. The summed E-state index contributed by atoms with van der Waals surface area (Å²) in [7, 11) is 0. The Hall–Kier alpha value is -2.18. The second-order valence-electron chi connectivity index (χ2n) is 2.90. The lowest BCUT2D eigenvalue weighted by Crippen LogP contribution is -2.23. The quantitative estimate of drug-likeness (QED) is 0.740. The van der Waals surface area contributed by atoms with E-state index in [1.54, 1.807) is 13.1 Å². The molecule has 0 aliphatic heterocycles. The summed E-state index contributed by atoms with van der Waals surface area (Å²) in [5, 5.41) is 12.1. The summed E-state index contributed by atoms with van der Waals surface area (Å²) in [5.41, 5.74) is 0.235. The minimum Gasteiger partial charge on any atom is -0.444 e. The summed E-state index contributed by atoms with van der Waals surface area (Å²) in [6, 6.07) is 0. The summed E-state index contributed by atoms with van der Waals surface area (Å²) in [6.07, 6.45) is 2.94. The molecule has 2 aromatic rings. The van der Waals surface area contributed by atoms with E-state index in [0.29, 0.717) is 11.7 Å². The Morgan fingerprint density at radius 1 is 1.60 bits per heavy atom. The fourth-order valence-corrected chi connectivity index (χ4v) is 1.04. The van der Waals surface area contributed by atoms with Crippen LogP contribution in [0.1, 0.15) is 22.1 Å². The monoisotopic (exact) mass is 207 g/mol. The van der Waals surface area contributed by atoms with Gasteiger partial charge in [-0.05, 0) is 6.92 Å². The summed E-state index contributed by atoms with van der Waals surface area (Å²) in [4.78, 5) is 15.3. The second-order valence-corrected chi connectivity index (χ2v) is 2.90. The van der Waals surface area contributed by atoms with Gasteiger partial charge < -0.3 is 9.73 Å². The zero-order valence-electron chi connectivity index (χ0n) is 8.02. The van der Waals surface area contributed by atoms with Crippen molar-refractivity contribution in [1.29, 1.82) is 0 Å². The molecule has 0 radical (unpaired) electrons. The molecule has 0 atom stereocenters. The number of rotatable bonds is 3. The highest BCUT2D eigenvalue weighted by Crippen LogP contribution is 2.00. The van der Waals surface area contributed by atoms with Gasteiger partial charge in [-0.25, -0.2) is 4.98 Å². The Labute approximate surface area is 84.9 Å². The first-order valence-electron chi connectivity index (χ1n) is 4.31. The summed E-state index contributed by atoms with van der Waals surface area (Å²) < 4.78 is 5.18. The number of amides is 1. The third-order valence-corrected chi connectivity index (χ3v) is 1.72. The molecule has 0 aliphatic carbocycles. The fourth-order valence-electron chi connectivity index (χ4n) is 1.04.